The molecule has 1 aromatic heterocycles. The lowest BCUT2D eigenvalue weighted by Gasteiger charge is -2.10. The molecular formula is C16H20FN5OS. The Morgan fingerprint density at radius 2 is 2.21 bits per heavy atom. The van der Waals surface area contributed by atoms with Crippen LogP contribution in [0.1, 0.15) is 16.8 Å². The van der Waals surface area contributed by atoms with Crippen molar-refractivity contribution < 1.29 is 9.18 Å². The molecule has 0 fully saturated rings. The fourth-order valence-electron chi connectivity index (χ4n) is 1.90. The minimum Gasteiger partial charge on any atom is -0.357 e. The van der Waals surface area contributed by atoms with Crippen molar-refractivity contribution in [3.63, 3.8) is 0 Å². The molecule has 6 nitrogen and oxygen atoms in total. The van der Waals surface area contributed by atoms with E-state index in [1.54, 1.807) is 17.4 Å². The lowest BCUT2D eigenvalue weighted by molar-refractivity contribution is -0.114. The van der Waals surface area contributed by atoms with Crippen LogP contribution in [0.2, 0.25) is 0 Å². The third kappa shape index (κ3) is 5.96. The molecule has 0 aliphatic heterocycles. The number of thiazole rings is 1. The van der Waals surface area contributed by atoms with E-state index in [1.807, 2.05) is 20.0 Å². The van der Waals surface area contributed by atoms with Crippen molar-refractivity contribution in [2.75, 3.05) is 18.4 Å². The van der Waals surface area contributed by atoms with E-state index in [9.17, 15) is 9.18 Å². The number of carbonyl (C=O) groups excluding carboxylic acids is 1. The van der Waals surface area contributed by atoms with E-state index < -0.39 is 5.82 Å². The molecule has 2 aromatic rings. The summed E-state index contributed by atoms with van der Waals surface area (Å²) >= 11 is 1.60. The SMILES string of the molecule is CCNC(=NCC(=O)Nc1cccc(F)c1)NCc1ncc(C)s1. The molecule has 0 aliphatic rings. The van der Waals surface area contributed by atoms with Crippen LogP contribution < -0.4 is 16.0 Å². The minimum atomic E-state index is -0.398. The zero-order valence-electron chi connectivity index (χ0n) is 13.6. The number of aromatic nitrogens is 1. The van der Waals surface area contributed by atoms with E-state index >= 15 is 0 Å². The number of aliphatic imine (C=N–C) groups is 1. The van der Waals surface area contributed by atoms with Gasteiger partial charge in [-0.3, -0.25) is 4.79 Å². The van der Waals surface area contributed by atoms with Crippen LogP contribution in [-0.4, -0.2) is 29.9 Å². The number of anilines is 1. The second kappa shape index (κ2) is 8.97. The lowest BCUT2D eigenvalue weighted by atomic mass is 10.3. The van der Waals surface area contributed by atoms with Crippen LogP contribution in [0.4, 0.5) is 10.1 Å². The number of guanidine groups is 1. The first kappa shape index (κ1) is 17.9. The Morgan fingerprint density at radius 1 is 1.38 bits per heavy atom. The Bertz CT molecular complexity index is 716. The Hall–Kier alpha value is -2.48. The first-order chi connectivity index (χ1) is 11.6. The molecule has 24 heavy (non-hydrogen) atoms. The van der Waals surface area contributed by atoms with Crippen molar-refractivity contribution in [3.8, 4) is 0 Å². The zero-order valence-corrected chi connectivity index (χ0v) is 14.4. The van der Waals surface area contributed by atoms with Gasteiger partial charge in [-0.2, -0.15) is 0 Å². The van der Waals surface area contributed by atoms with Gasteiger partial charge in [0.25, 0.3) is 0 Å². The summed E-state index contributed by atoms with van der Waals surface area (Å²) in [5.41, 5.74) is 0.409. The van der Waals surface area contributed by atoms with E-state index in [-0.39, 0.29) is 12.5 Å². The lowest BCUT2D eigenvalue weighted by Crippen LogP contribution is -2.37. The number of aryl methyl sites for hydroxylation is 1. The molecule has 0 spiro atoms. The van der Waals surface area contributed by atoms with Gasteiger partial charge in [0, 0.05) is 23.3 Å². The maximum atomic E-state index is 13.1. The quantitative estimate of drug-likeness (QED) is 0.552. The summed E-state index contributed by atoms with van der Waals surface area (Å²) in [7, 11) is 0. The standard InChI is InChI=1S/C16H20FN5OS/c1-3-18-16(21-10-15-19-8-11(2)24-15)20-9-14(23)22-13-6-4-5-12(17)7-13/h4-8H,3,9-10H2,1-2H3,(H,22,23)(H2,18,20,21). The molecule has 1 amide bonds. The molecule has 0 saturated heterocycles. The fraction of sp³-hybridized carbons (Fsp3) is 0.312. The number of carbonyl (C=O) groups is 1. The number of benzene rings is 1. The van der Waals surface area contributed by atoms with Crippen LogP contribution in [0.25, 0.3) is 0 Å². The normalized spacial score (nSPS) is 11.2. The van der Waals surface area contributed by atoms with Gasteiger partial charge < -0.3 is 16.0 Å². The zero-order chi connectivity index (χ0) is 17.4. The molecule has 1 heterocycles. The Kier molecular flexibility index (Phi) is 6.68. The highest BCUT2D eigenvalue weighted by atomic mass is 32.1. The molecule has 0 unspecified atom stereocenters. The molecule has 0 bridgehead atoms. The number of hydrogen-bond donors (Lipinski definition) is 3. The van der Waals surface area contributed by atoms with Crippen molar-refractivity contribution in [1.29, 1.82) is 0 Å². The smallest absolute Gasteiger partial charge is 0.246 e. The number of nitrogens with one attached hydrogen (secondary N) is 3. The molecule has 0 radical (unpaired) electrons. The number of amides is 1. The maximum absolute atomic E-state index is 13.1. The molecule has 0 saturated carbocycles. The van der Waals surface area contributed by atoms with Gasteiger partial charge in [-0.05, 0) is 32.0 Å². The van der Waals surface area contributed by atoms with Gasteiger partial charge in [-0.15, -0.1) is 11.3 Å². The predicted molar refractivity (Wildman–Crippen MR) is 94.7 cm³/mol. The van der Waals surface area contributed by atoms with Crippen LogP contribution >= 0.6 is 11.3 Å². The Morgan fingerprint density at radius 3 is 2.88 bits per heavy atom. The number of hydrogen-bond acceptors (Lipinski definition) is 4. The van der Waals surface area contributed by atoms with Crippen LogP contribution in [0.3, 0.4) is 0 Å². The monoisotopic (exact) mass is 349 g/mol. The largest absolute Gasteiger partial charge is 0.357 e. The number of halogens is 1. The highest BCUT2D eigenvalue weighted by molar-refractivity contribution is 7.11. The van der Waals surface area contributed by atoms with Crippen LogP contribution in [0, 0.1) is 12.7 Å². The molecule has 2 rings (SSSR count). The average Bonchev–Trinajstić information content (AvgIpc) is 2.95. The van der Waals surface area contributed by atoms with Gasteiger partial charge in [0.1, 0.15) is 17.4 Å². The van der Waals surface area contributed by atoms with Crippen LogP contribution in [-0.2, 0) is 11.3 Å². The molecule has 1 aromatic carbocycles. The molecule has 128 valence electrons. The average molecular weight is 349 g/mol. The summed E-state index contributed by atoms with van der Waals surface area (Å²) < 4.78 is 13.1. The van der Waals surface area contributed by atoms with E-state index in [1.165, 1.54) is 18.2 Å². The minimum absolute atomic E-state index is 0.0667. The molecule has 0 atom stereocenters. The molecule has 3 N–H and O–H groups in total. The van der Waals surface area contributed by atoms with Gasteiger partial charge in [-0.1, -0.05) is 6.07 Å². The number of rotatable bonds is 6. The van der Waals surface area contributed by atoms with Crippen molar-refractivity contribution >= 4 is 28.9 Å². The molecule has 8 heteroatoms. The summed E-state index contributed by atoms with van der Waals surface area (Å²) in [4.78, 5) is 21.5. The topological polar surface area (TPSA) is 78.4 Å². The summed E-state index contributed by atoms with van der Waals surface area (Å²) in [6.45, 7) is 5.08. The van der Waals surface area contributed by atoms with E-state index in [0.717, 1.165) is 9.88 Å². The van der Waals surface area contributed by atoms with Crippen molar-refractivity contribution in [2.45, 2.75) is 20.4 Å². The third-order valence-electron chi connectivity index (χ3n) is 2.91. The van der Waals surface area contributed by atoms with Crippen LogP contribution in [0.15, 0.2) is 35.5 Å². The van der Waals surface area contributed by atoms with E-state index in [4.69, 9.17) is 0 Å². The highest BCUT2D eigenvalue weighted by Crippen LogP contribution is 2.10. The van der Waals surface area contributed by atoms with Crippen molar-refractivity contribution in [1.82, 2.24) is 15.6 Å². The summed E-state index contributed by atoms with van der Waals surface area (Å²) in [6.07, 6.45) is 1.82. The maximum Gasteiger partial charge on any atom is 0.246 e. The van der Waals surface area contributed by atoms with Gasteiger partial charge in [0.05, 0.1) is 6.54 Å². The van der Waals surface area contributed by atoms with E-state index in [2.05, 4.69) is 25.9 Å². The third-order valence-corrected chi connectivity index (χ3v) is 3.82. The van der Waals surface area contributed by atoms with Gasteiger partial charge in [0.15, 0.2) is 5.96 Å². The number of nitrogens with zero attached hydrogens (tertiary/aromatic N) is 2. The Balaban J connectivity index is 1.88. The first-order valence-electron chi connectivity index (χ1n) is 7.55. The van der Waals surface area contributed by atoms with E-state index in [0.29, 0.717) is 24.7 Å². The summed E-state index contributed by atoms with van der Waals surface area (Å²) in [6, 6.07) is 5.74. The predicted octanol–water partition coefficient (Wildman–Crippen LogP) is 2.28. The second-order valence-corrected chi connectivity index (χ2v) is 6.29. The van der Waals surface area contributed by atoms with Crippen molar-refractivity contribution in [2.24, 2.45) is 4.99 Å². The molecule has 0 aliphatic carbocycles. The Labute approximate surface area is 144 Å². The molecular weight excluding hydrogens is 329 g/mol. The highest BCUT2D eigenvalue weighted by Gasteiger charge is 2.05. The summed E-state index contributed by atoms with van der Waals surface area (Å²) in [5, 5.41) is 9.74. The first-order valence-corrected chi connectivity index (χ1v) is 8.37. The van der Waals surface area contributed by atoms with Gasteiger partial charge in [-0.25, -0.2) is 14.4 Å². The van der Waals surface area contributed by atoms with Crippen LogP contribution in [0.5, 0.6) is 0 Å². The van der Waals surface area contributed by atoms with Gasteiger partial charge in [0.2, 0.25) is 5.91 Å². The second-order valence-electron chi connectivity index (χ2n) is 4.97. The summed E-state index contributed by atoms with van der Waals surface area (Å²) in [5.74, 6) is -0.187. The van der Waals surface area contributed by atoms with Crippen molar-refractivity contribution in [3.05, 3.63) is 46.2 Å². The fourth-order valence-corrected chi connectivity index (χ4v) is 2.63. The van der Waals surface area contributed by atoms with Gasteiger partial charge >= 0.3 is 0 Å².